The lowest BCUT2D eigenvalue weighted by molar-refractivity contribution is -0.113. The predicted molar refractivity (Wildman–Crippen MR) is 114 cm³/mol. The molecule has 1 N–H and O–H groups in total. The molecule has 3 aromatic rings. The van der Waals surface area contributed by atoms with Crippen molar-refractivity contribution in [3.8, 4) is 17.2 Å². The number of hydrogen-bond donors (Lipinski definition) is 1. The largest absolute Gasteiger partial charge is 0.493 e. The summed E-state index contributed by atoms with van der Waals surface area (Å²) in [4.78, 5) is 25.0. The molecule has 1 amide bonds. The van der Waals surface area contributed by atoms with Crippen LogP contribution in [0, 0.1) is 0 Å². The zero-order valence-electron chi connectivity index (χ0n) is 17.2. The van der Waals surface area contributed by atoms with Crippen molar-refractivity contribution in [3.63, 3.8) is 0 Å². The van der Waals surface area contributed by atoms with E-state index in [1.807, 2.05) is 30.3 Å². The first-order valence-electron chi connectivity index (χ1n) is 9.27. The Morgan fingerprint density at radius 1 is 1.10 bits per heavy atom. The highest BCUT2D eigenvalue weighted by atomic mass is 32.2. The number of methoxy groups -OCH3 is 2. The average molecular weight is 443 g/mol. The Kier molecular flexibility index (Phi) is 7.44. The molecule has 0 bridgehead atoms. The highest BCUT2D eigenvalue weighted by Crippen LogP contribution is 2.34. The molecule has 162 valence electrons. The summed E-state index contributed by atoms with van der Waals surface area (Å²) >= 11 is 1.16. The summed E-state index contributed by atoms with van der Waals surface area (Å²) in [7, 11) is 2.92. The van der Waals surface area contributed by atoms with Crippen LogP contribution in [0.4, 0.5) is 5.69 Å². The normalized spacial score (nSPS) is 10.4. The highest BCUT2D eigenvalue weighted by molar-refractivity contribution is 7.99. The molecule has 0 radical (unpaired) electrons. The summed E-state index contributed by atoms with van der Waals surface area (Å²) in [6, 6.07) is 12.3. The van der Waals surface area contributed by atoms with Crippen LogP contribution in [0.1, 0.15) is 17.3 Å². The molecule has 0 saturated carbocycles. The zero-order chi connectivity index (χ0) is 22.2. The van der Waals surface area contributed by atoms with Crippen LogP contribution in [0.3, 0.4) is 0 Å². The Morgan fingerprint density at radius 3 is 2.48 bits per heavy atom. The van der Waals surface area contributed by atoms with E-state index in [2.05, 4.69) is 20.8 Å². The molecule has 3 rings (SSSR count). The van der Waals surface area contributed by atoms with E-state index in [0.717, 1.165) is 17.4 Å². The number of hydrogen-bond acceptors (Lipinski definition) is 9. The summed E-state index contributed by atoms with van der Waals surface area (Å²) in [6.07, 6.45) is 0. The number of aromatic nitrogens is 4. The molecule has 10 nitrogen and oxygen atoms in total. The van der Waals surface area contributed by atoms with Gasteiger partial charge in [0.05, 0.1) is 43.5 Å². The zero-order valence-corrected chi connectivity index (χ0v) is 18.0. The molecule has 0 saturated heterocycles. The maximum absolute atomic E-state index is 12.6. The lowest BCUT2D eigenvalue weighted by Crippen LogP contribution is -2.18. The number of rotatable bonds is 9. The van der Waals surface area contributed by atoms with Gasteiger partial charge in [0, 0.05) is 12.1 Å². The molecule has 11 heteroatoms. The number of para-hydroxylation sites is 1. The van der Waals surface area contributed by atoms with Gasteiger partial charge in [-0.15, -0.1) is 5.10 Å². The van der Waals surface area contributed by atoms with Gasteiger partial charge in [-0.25, -0.2) is 4.79 Å². The number of benzene rings is 2. The van der Waals surface area contributed by atoms with Gasteiger partial charge in [-0.05, 0) is 29.5 Å². The van der Waals surface area contributed by atoms with Crippen molar-refractivity contribution < 1.29 is 23.8 Å². The van der Waals surface area contributed by atoms with Crippen LogP contribution in [0.5, 0.6) is 11.5 Å². The molecule has 0 aliphatic heterocycles. The van der Waals surface area contributed by atoms with Crippen molar-refractivity contribution in [2.24, 2.45) is 0 Å². The molecule has 0 spiro atoms. The molecule has 1 heterocycles. The van der Waals surface area contributed by atoms with Gasteiger partial charge in [0.2, 0.25) is 11.1 Å². The van der Waals surface area contributed by atoms with Crippen molar-refractivity contribution >= 4 is 29.3 Å². The molecule has 0 aliphatic carbocycles. The lowest BCUT2D eigenvalue weighted by Gasteiger charge is -2.15. The van der Waals surface area contributed by atoms with E-state index < -0.39 is 5.97 Å². The van der Waals surface area contributed by atoms with Crippen molar-refractivity contribution in [1.29, 1.82) is 0 Å². The minimum Gasteiger partial charge on any atom is -0.493 e. The van der Waals surface area contributed by atoms with Crippen molar-refractivity contribution in [3.05, 3.63) is 48.0 Å². The summed E-state index contributed by atoms with van der Waals surface area (Å²) in [5.41, 5.74) is 1.19. The first-order chi connectivity index (χ1) is 15.1. The van der Waals surface area contributed by atoms with Gasteiger partial charge in [0.25, 0.3) is 0 Å². The first-order valence-corrected chi connectivity index (χ1v) is 10.3. The minimum absolute atomic E-state index is 0.0177. The minimum atomic E-state index is -0.584. The first kappa shape index (κ1) is 22.1. The maximum atomic E-state index is 12.6. The third kappa shape index (κ3) is 5.31. The fraction of sp³-hybridized carbons (Fsp3) is 0.250. The van der Waals surface area contributed by atoms with Gasteiger partial charge in [0.1, 0.15) is 0 Å². The second kappa shape index (κ2) is 10.4. The van der Waals surface area contributed by atoms with Crippen LogP contribution in [-0.4, -0.2) is 58.7 Å². The smallest absolute Gasteiger partial charge is 0.340 e. The number of esters is 1. The summed E-state index contributed by atoms with van der Waals surface area (Å²) in [5.74, 6) is -0.208. The number of ether oxygens (including phenoxy) is 3. The molecule has 0 atom stereocenters. The highest BCUT2D eigenvalue weighted by Gasteiger charge is 2.20. The van der Waals surface area contributed by atoms with Crippen molar-refractivity contribution in [2.75, 3.05) is 31.9 Å². The van der Waals surface area contributed by atoms with E-state index in [1.54, 1.807) is 11.6 Å². The second-order valence-corrected chi connectivity index (χ2v) is 6.96. The number of anilines is 1. The Labute approximate surface area is 182 Å². The number of nitrogens with one attached hydrogen (secondary N) is 1. The van der Waals surface area contributed by atoms with Crippen LogP contribution in [0.15, 0.2) is 47.6 Å². The molecule has 0 unspecified atom stereocenters. The van der Waals surface area contributed by atoms with Crippen molar-refractivity contribution in [2.45, 2.75) is 12.1 Å². The Hall–Kier alpha value is -3.60. The average Bonchev–Trinajstić information content (AvgIpc) is 3.26. The Balaban J connectivity index is 1.76. The summed E-state index contributed by atoms with van der Waals surface area (Å²) in [5, 5.41) is 14.8. The van der Waals surface area contributed by atoms with Crippen LogP contribution in [-0.2, 0) is 9.53 Å². The summed E-state index contributed by atoms with van der Waals surface area (Å²) < 4.78 is 17.1. The van der Waals surface area contributed by atoms with Gasteiger partial charge in [-0.1, -0.05) is 30.0 Å². The van der Waals surface area contributed by atoms with Crippen LogP contribution in [0.25, 0.3) is 5.69 Å². The van der Waals surface area contributed by atoms with Crippen LogP contribution in [0.2, 0.25) is 0 Å². The number of carbonyl (C=O) groups excluding carboxylic acids is 2. The van der Waals surface area contributed by atoms with Gasteiger partial charge in [-0.2, -0.15) is 4.68 Å². The predicted octanol–water partition coefficient (Wildman–Crippen LogP) is 2.59. The van der Waals surface area contributed by atoms with E-state index in [9.17, 15) is 9.59 Å². The van der Waals surface area contributed by atoms with Gasteiger partial charge in [0.15, 0.2) is 11.5 Å². The standard InChI is InChI=1S/C20H21N5O5S/c1-4-30-19(27)14-10-16(28-2)17(29-3)11-15(14)21-18(26)12-31-20-22-23-24-25(20)13-8-6-5-7-9-13/h5-11H,4,12H2,1-3H3,(H,21,26). The molecular formula is C20H21N5O5S. The molecule has 2 aromatic carbocycles. The van der Waals surface area contributed by atoms with Gasteiger partial charge in [-0.3, -0.25) is 4.79 Å². The van der Waals surface area contributed by atoms with Gasteiger partial charge >= 0.3 is 5.97 Å². The summed E-state index contributed by atoms with van der Waals surface area (Å²) in [6.45, 7) is 1.89. The van der Waals surface area contributed by atoms with E-state index in [4.69, 9.17) is 14.2 Å². The van der Waals surface area contributed by atoms with Crippen LogP contribution >= 0.6 is 11.8 Å². The maximum Gasteiger partial charge on any atom is 0.340 e. The van der Waals surface area contributed by atoms with E-state index in [0.29, 0.717) is 16.7 Å². The third-order valence-electron chi connectivity index (χ3n) is 4.07. The molecular weight excluding hydrogens is 422 g/mol. The second-order valence-electron chi connectivity index (χ2n) is 6.02. The Bertz CT molecular complexity index is 1060. The number of carbonyl (C=O) groups is 2. The fourth-order valence-corrected chi connectivity index (χ4v) is 3.37. The van der Waals surface area contributed by atoms with E-state index in [1.165, 1.54) is 26.4 Å². The van der Waals surface area contributed by atoms with Gasteiger partial charge < -0.3 is 19.5 Å². The quantitative estimate of drug-likeness (QED) is 0.393. The lowest BCUT2D eigenvalue weighted by atomic mass is 10.1. The molecule has 1 aromatic heterocycles. The number of nitrogens with zero attached hydrogens (tertiary/aromatic N) is 4. The molecule has 0 fully saturated rings. The topological polar surface area (TPSA) is 117 Å². The van der Waals surface area contributed by atoms with Crippen molar-refractivity contribution in [1.82, 2.24) is 20.2 Å². The van der Waals surface area contributed by atoms with E-state index >= 15 is 0 Å². The molecule has 0 aliphatic rings. The number of amides is 1. The molecule has 31 heavy (non-hydrogen) atoms. The SMILES string of the molecule is CCOC(=O)c1cc(OC)c(OC)cc1NC(=O)CSc1nnnn1-c1ccccc1. The fourth-order valence-electron chi connectivity index (χ4n) is 2.68. The Morgan fingerprint density at radius 2 is 1.81 bits per heavy atom. The van der Waals surface area contributed by atoms with E-state index in [-0.39, 0.29) is 29.5 Å². The number of thioether (sulfide) groups is 1. The monoisotopic (exact) mass is 443 g/mol. The van der Waals surface area contributed by atoms with Crippen LogP contribution < -0.4 is 14.8 Å². The third-order valence-corrected chi connectivity index (χ3v) is 4.99. The number of tetrazole rings is 1.